The van der Waals surface area contributed by atoms with Gasteiger partial charge in [-0.3, -0.25) is 0 Å². The molecule has 2 fully saturated rings. The minimum absolute atomic E-state index is 0.301. The van der Waals surface area contributed by atoms with Crippen molar-refractivity contribution in [2.24, 2.45) is 0 Å². The molecule has 2 aliphatic heterocycles. The van der Waals surface area contributed by atoms with E-state index in [0.717, 1.165) is 45.6 Å². The molecule has 26 heavy (non-hydrogen) atoms. The highest BCUT2D eigenvalue weighted by molar-refractivity contribution is 7.87. The number of unbranched alkanes of at least 4 members (excludes halogenated alkanes) is 1. The number of piperazine rings is 2. The second kappa shape index (κ2) is 10.4. The van der Waals surface area contributed by atoms with E-state index in [2.05, 4.69) is 21.6 Å². The molecule has 2 rings (SSSR count). The van der Waals surface area contributed by atoms with Crippen LogP contribution < -0.4 is 4.72 Å². The lowest BCUT2D eigenvalue weighted by Crippen LogP contribution is -2.53. The fraction of sp³-hybridized carbons (Fsp3) is 0.938. The smallest absolute Gasteiger partial charge is 0.409 e. The first-order valence-corrected chi connectivity index (χ1v) is 10.9. The van der Waals surface area contributed by atoms with Crippen molar-refractivity contribution in [3.63, 3.8) is 0 Å². The van der Waals surface area contributed by atoms with Crippen molar-refractivity contribution in [1.82, 2.24) is 23.7 Å². The molecule has 152 valence electrons. The standard InChI is InChI=1S/C16H33N5O4S/c1-3-25-16(22)20-12-14-21(15-13-20)26(23,24)17-6-4-5-7-19-10-8-18(2)9-11-19/h17H,3-15H2,1-2H3. The summed E-state index contributed by atoms with van der Waals surface area (Å²) < 4.78 is 33.7. The van der Waals surface area contributed by atoms with E-state index in [4.69, 9.17) is 4.74 Å². The lowest BCUT2D eigenvalue weighted by atomic mass is 10.2. The van der Waals surface area contributed by atoms with Crippen molar-refractivity contribution in [3.8, 4) is 0 Å². The Morgan fingerprint density at radius 1 is 1.00 bits per heavy atom. The van der Waals surface area contributed by atoms with Gasteiger partial charge in [-0.25, -0.2) is 9.52 Å². The predicted molar refractivity (Wildman–Crippen MR) is 100 cm³/mol. The summed E-state index contributed by atoms with van der Waals surface area (Å²) in [6, 6.07) is 0. The fourth-order valence-electron chi connectivity index (χ4n) is 3.15. The van der Waals surface area contributed by atoms with Gasteiger partial charge in [-0.2, -0.15) is 12.7 Å². The molecule has 0 bridgehead atoms. The highest BCUT2D eigenvalue weighted by atomic mass is 32.2. The molecule has 1 N–H and O–H groups in total. The average molecular weight is 392 g/mol. The Morgan fingerprint density at radius 2 is 1.65 bits per heavy atom. The molecule has 0 saturated carbocycles. The third-order valence-electron chi connectivity index (χ3n) is 4.89. The van der Waals surface area contributed by atoms with E-state index in [9.17, 15) is 13.2 Å². The first kappa shape index (κ1) is 21.4. The van der Waals surface area contributed by atoms with Gasteiger partial charge >= 0.3 is 6.09 Å². The Balaban J connectivity index is 1.61. The molecule has 0 aromatic carbocycles. The van der Waals surface area contributed by atoms with Crippen LogP contribution in [0.5, 0.6) is 0 Å². The number of ether oxygens (including phenoxy) is 1. The first-order chi connectivity index (χ1) is 12.4. The maximum absolute atomic E-state index is 12.4. The Morgan fingerprint density at radius 3 is 2.27 bits per heavy atom. The van der Waals surface area contributed by atoms with Gasteiger partial charge in [0, 0.05) is 58.9 Å². The number of amides is 1. The summed E-state index contributed by atoms with van der Waals surface area (Å²) in [5.41, 5.74) is 0. The van der Waals surface area contributed by atoms with E-state index >= 15 is 0 Å². The number of hydrogen-bond acceptors (Lipinski definition) is 6. The van der Waals surface area contributed by atoms with Crippen LogP contribution >= 0.6 is 0 Å². The normalized spacial score (nSPS) is 21.1. The molecular weight excluding hydrogens is 358 g/mol. The van der Waals surface area contributed by atoms with Gasteiger partial charge in [0.05, 0.1) is 6.61 Å². The van der Waals surface area contributed by atoms with Crippen LogP contribution in [-0.4, -0.2) is 113 Å². The van der Waals surface area contributed by atoms with Gasteiger partial charge in [0.15, 0.2) is 0 Å². The molecular formula is C16H33N5O4S. The van der Waals surface area contributed by atoms with Crippen LogP contribution in [0.3, 0.4) is 0 Å². The summed E-state index contributed by atoms with van der Waals surface area (Å²) in [5.74, 6) is 0. The molecule has 2 heterocycles. The molecule has 0 aromatic rings. The van der Waals surface area contributed by atoms with Crippen molar-refractivity contribution in [2.75, 3.05) is 79.1 Å². The maximum Gasteiger partial charge on any atom is 0.409 e. The second-order valence-corrected chi connectivity index (χ2v) is 8.59. The number of hydrogen-bond donors (Lipinski definition) is 1. The molecule has 2 saturated heterocycles. The number of nitrogens with one attached hydrogen (secondary N) is 1. The van der Waals surface area contributed by atoms with Gasteiger partial charge in [-0.15, -0.1) is 0 Å². The number of carbonyl (C=O) groups excluding carboxylic acids is 1. The molecule has 1 amide bonds. The van der Waals surface area contributed by atoms with Crippen molar-refractivity contribution in [3.05, 3.63) is 0 Å². The van der Waals surface area contributed by atoms with Crippen LogP contribution in [0.2, 0.25) is 0 Å². The minimum atomic E-state index is -3.47. The zero-order chi connectivity index (χ0) is 19.0. The van der Waals surface area contributed by atoms with Gasteiger partial charge in [0.25, 0.3) is 10.2 Å². The van der Waals surface area contributed by atoms with Gasteiger partial charge in [-0.1, -0.05) is 0 Å². The quantitative estimate of drug-likeness (QED) is 0.568. The van der Waals surface area contributed by atoms with Crippen LogP contribution in [0.15, 0.2) is 0 Å². The van der Waals surface area contributed by atoms with Gasteiger partial charge in [0.2, 0.25) is 0 Å². The third kappa shape index (κ3) is 6.66. The van der Waals surface area contributed by atoms with Gasteiger partial charge < -0.3 is 19.4 Å². The third-order valence-corrected chi connectivity index (χ3v) is 6.50. The Kier molecular flexibility index (Phi) is 8.55. The van der Waals surface area contributed by atoms with Crippen molar-refractivity contribution in [2.45, 2.75) is 19.8 Å². The first-order valence-electron chi connectivity index (χ1n) is 9.49. The number of carbonyl (C=O) groups is 1. The van der Waals surface area contributed by atoms with Crippen LogP contribution in [0.25, 0.3) is 0 Å². The zero-order valence-electron chi connectivity index (χ0n) is 16.0. The van der Waals surface area contributed by atoms with E-state index in [1.807, 2.05) is 0 Å². The maximum atomic E-state index is 12.4. The van der Waals surface area contributed by atoms with E-state index in [0.29, 0.717) is 39.3 Å². The Labute approximate surface area is 157 Å². The van der Waals surface area contributed by atoms with Gasteiger partial charge in [-0.05, 0) is 33.4 Å². The topological polar surface area (TPSA) is 85.4 Å². The summed E-state index contributed by atoms with van der Waals surface area (Å²) in [6.45, 7) is 9.27. The number of rotatable bonds is 8. The van der Waals surface area contributed by atoms with Gasteiger partial charge in [0.1, 0.15) is 0 Å². The Bertz CT molecular complexity index is 529. The predicted octanol–water partition coefficient (Wildman–Crippen LogP) is -0.377. The summed E-state index contributed by atoms with van der Waals surface area (Å²) in [7, 11) is -1.34. The molecule has 0 aliphatic carbocycles. The molecule has 9 nitrogen and oxygen atoms in total. The fourth-order valence-corrected chi connectivity index (χ4v) is 4.38. The monoisotopic (exact) mass is 391 g/mol. The number of likely N-dealkylation sites (N-methyl/N-ethyl adjacent to an activating group) is 1. The molecule has 0 spiro atoms. The Hall–Kier alpha value is -0.940. The minimum Gasteiger partial charge on any atom is -0.450 e. The SMILES string of the molecule is CCOC(=O)N1CCN(S(=O)(=O)NCCCCN2CCN(C)CC2)CC1. The highest BCUT2D eigenvalue weighted by Gasteiger charge is 2.28. The molecule has 0 atom stereocenters. The van der Waals surface area contributed by atoms with E-state index in [-0.39, 0.29) is 6.09 Å². The molecule has 10 heteroatoms. The van der Waals surface area contributed by atoms with Crippen molar-refractivity contribution in [1.29, 1.82) is 0 Å². The summed E-state index contributed by atoms with van der Waals surface area (Å²) in [5, 5.41) is 0. The molecule has 0 unspecified atom stereocenters. The largest absolute Gasteiger partial charge is 0.450 e. The number of nitrogens with zero attached hydrogens (tertiary/aromatic N) is 4. The summed E-state index contributed by atoms with van der Waals surface area (Å²) >= 11 is 0. The second-order valence-electron chi connectivity index (χ2n) is 6.84. The summed E-state index contributed by atoms with van der Waals surface area (Å²) in [4.78, 5) is 18.0. The molecule has 0 aromatic heterocycles. The van der Waals surface area contributed by atoms with Crippen LogP contribution in [0.1, 0.15) is 19.8 Å². The highest BCUT2D eigenvalue weighted by Crippen LogP contribution is 2.08. The van der Waals surface area contributed by atoms with Crippen LogP contribution in [0, 0.1) is 0 Å². The van der Waals surface area contributed by atoms with Crippen molar-refractivity contribution >= 4 is 16.3 Å². The summed E-state index contributed by atoms with van der Waals surface area (Å²) in [6.07, 6.45) is 1.44. The zero-order valence-corrected chi connectivity index (χ0v) is 16.8. The van der Waals surface area contributed by atoms with Crippen LogP contribution in [-0.2, 0) is 14.9 Å². The van der Waals surface area contributed by atoms with E-state index in [1.165, 1.54) is 4.31 Å². The lowest BCUT2D eigenvalue weighted by Gasteiger charge is -2.33. The van der Waals surface area contributed by atoms with Crippen molar-refractivity contribution < 1.29 is 17.9 Å². The molecule has 0 radical (unpaired) electrons. The van der Waals surface area contributed by atoms with Crippen LogP contribution in [0.4, 0.5) is 4.79 Å². The lowest BCUT2D eigenvalue weighted by molar-refractivity contribution is 0.0932. The molecule has 2 aliphatic rings. The van der Waals surface area contributed by atoms with E-state index in [1.54, 1.807) is 11.8 Å². The average Bonchev–Trinajstić information content (AvgIpc) is 2.63. The van der Waals surface area contributed by atoms with E-state index < -0.39 is 10.2 Å².